The van der Waals surface area contributed by atoms with Crippen LogP contribution in [0.2, 0.25) is 0 Å². The number of nitrogens with zero attached hydrogens (tertiary/aromatic N) is 3. The van der Waals surface area contributed by atoms with Gasteiger partial charge >= 0.3 is 0 Å². The van der Waals surface area contributed by atoms with Crippen LogP contribution in [0, 0.1) is 32.1 Å². The molecule has 0 atom stereocenters. The highest BCUT2D eigenvalue weighted by atomic mass is 15.3. The van der Waals surface area contributed by atoms with Crippen LogP contribution >= 0.6 is 0 Å². The summed E-state index contributed by atoms with van der Waals surface area (Å²) >= 11 is 0. The minimum atomic E-state index is 0.360. The van der Waals surface area contributed by atoms with Gasteiger partial charge in [0.2, 0.25) is 0 Å². The van der Waals surface area contributed by atoms with Gasteiger partial charge in [0.1, 0.15) is 0 Å². The van der Waals surface area contributed by atoms with E-state index < -0.39 is 0 Å². The molecule has 0 aliphatic rings. The van der Waals surface area contributed by atoms with E-state index in [1.54, 1.807) is 0 Å². The molecule has 3 nitrogen and oxygen atoms in total. The quantitative estimate of drug-likeness (QED) is 0.788. The maximum absolute atomic E-state index is 8.70. The summed E-state index contributed by atoms with van der Waals surface area (Å²) < 4.78 is 1.93. The minimum absolute atomic E-state index is 0.360. The van der Waals surface area contributed by atoms with Crippen LogP contribution in [-0.2, 0) is 6.42 Å². The summed E-state index contributed by atoms with van der Waals surface area (Å²) in [6, 6.07) is 10.3. The maximum Gasteiger partial charge on any atom is 0.0793 e. The van der Waals surface area contributed by atoms with Gasteiger partial charge in [0.25, 0.3) is 0 Å². The van der Waals surface area contributed by atoms with Gasteiger partial charge in [0.15, 0.2) is 0 Å². The van der Waals surface area contributed by atoms with E-state index in [2.05, 4.69) is 37.1 Å². The standard InChI is InChI=1S/C14H15N3/c1-10-5-4-6-11(2)14(10)17-12(3)9-13(16-17)7-8-15/h4-6,9H,7H2,1-3H3. The molecule has 0 unspecified atom stereocenters. The van der Waals surface area contributed by atoms with E-state index in [4.69, 9.17) is 5.26 Å². The summed E-state index contributed by atoms with van der Waals surface area (Å²) in [5.41, 5.74) is 5.40. The molecule has 17 heavy (non-hydrogen) atoms. The van der Waals surface area contributed by atoms with E-state index in [0.29, 0.717) is 6.42 Å². The Morgan fingerprint density at radius 2 is 1.88 bits per heavy atom. The van der Waals surface area contributed by atoms with Gasteiger partial charge in [-0.15, -0.1) is 0 Å². The van der Waals surface area contributed by atoms with Gasteiger partial charge in [-0.25, -0.2) is 4.68 Å². The second kappa shape index (κ2) is 4.42. The molecule has 0 fully saturated rings. The first-order valence-corrected chi connectivity index (χ1v) is 5.62. The molecule has 1 aromatic carbocycles. The SMILES string of the molecule is Cc1cccc(C)c1-n1nc(CC#N)cc1C. The van der Waals surface area contributed by atoms with Crippen molar-refractivity contribution in [3.05, 3.63) is 46.8 Å². The number of hydrogen-bond acceptors (Lipinski definition) is 2. The van der Waals surface area contributed by atoms with Crippen molar-refractivity contribution in [3.63, 3.8) is 0 Å². The van der Waals surface area contributed by atoms with Crippen molar-refractivity contribution in [1.29, 1.82) is 5.26 Å². The van der Waals surface area contributed by atoms with Gasteiger partial charge in [-0.3, -0.25) is 0 Å². The highest BCUT2D eigenvalue weighted by Gasteiger charge is 2.10. The lowest BCUT2D eigenvalue weighted by Gasteiger charge is -2.11. The van der Waals surface area contributed by atoms with Crippen molar-refractivity contribution in [2.24, 2.45) is 0 Å². The van der Waals surface area contributed by atoms with Crippen LogP contribution in [0.3, 0.4) is 0 Å². The summed E-state index contributed by atoms with van der Waals surface area (Å²) in [6.45, 7) is 6.17. The summed E-state index contributed by atoms with van der Waals surface area (Å²) in [5.74, 6) is 0. The van der Waals surface area contributed by atoms with E-state index in [0.717, 1.165) is 17.1 Å². The predicted molar refractivity (Wildman–Crippen MR) is 67.1 cm³/mol. The molecule has 0 aliphatic carbocycles. The molecular formula is C14H15N3. The molecule has 2 aromatic rings. The summed E-state index contributed by atoms with van der Waals surface area (Å²) in [4.78, 5) is 0. The highest BCUT2D eigenvalue weighted by Crippen LogP contribution is 2.20. The topological polar surface area (TPSA) is 41.6 Å². The Bertz CT molecular complexity index is 568. The van der Waals surface area contributed by atoms with Crippen LogP contribution in [0.15, 0.2) is 24.3 Å². The third kappa shape index (κ3) is 2.07. The van der Waals surface area contributed by atoms with E-state index in [1.807, 2.05) is 23.7 Å². The number of nitriles is 1. The molecule has 0 spiro atoms. The number of benzene rings is 1. The van der Waals surface area contributed by atoms with Crippen molar-refractivity contribution in [3.8, 4) is 11.8 Å². The summed E-state index contributed by atoms with van der Waals surface area (Å²) in [6.07, 6.45) is 0.360. The average molecular weight is 225 g/mol. The summed E-state index contributed by atoms with van der Waals surface area (Å²) in [7, 11) is 0. The number of para-hydroxylation sites is 1. The zero-order valence-electron chi connectivity index (χ0n) is 10.4. The van der Waals surface area contributed by atoms with Gasteiger partial charge in [-0.1, -0.05) is 18.2 Å². The molecule has 0 saturated carbocycles. The molecule has 86 valence electrons. The molecule has 0 radical (unpaired) electrons. The fourth-order valence-corrected chi connectivity index (χ4v) is 2.07. The lowest BCUT2D eigenvalue weighted by Crippen LogP contribution is -2.04. The van der Waals surface area contributed by atoms with Crippen LogP contribution in [0.5, 0.6) is 0 Å². The molecule has 0 bridgehead atoms. The zero-order valence-corrected chi connectivity index (χ0v) is 10.4. The Kier molecular flexibility index (Phi) is 2.97. The fourth-order valence-electron chi connectivity index (χ4n) is 2.07. The smallest absolute Gasteiger partial charge is 0.0793 e. The zero-order chi connectivity index (χ0) is 12.4. The predicted octanol–water partition coefficient (Wildman–Crippen LogP) is 2.86. The third-order valence-electron chi connectivity index (χ3n) is 2.85. The van der Waals surface area contributed by atoms with Crippen LogP contribution in [0.1, 0.15) is 22.5 Å². The number of rotatable bonds is 2. The maximum atomic E-state index is 8.70. The lowest BCUT2D eigenvalue weighted by atomic mass is 10.1. The van der Waals surface area contributed by atoms with Crippen LogP contribution in [-0.4, -0.2) is 9.78 Å². The molecule has 2 rings (SSSR count). The molecule has 0 N–H and O–H groups in total. The molecule has 0 aliphatic heterocycles. The largest absolute Gasteiger partial charge is 0.237 e. The molecule has 0 saturated heterocycles. The first-order valence-electron chi connectivity index (χ1n) is 5.62. The molecule has 1 heterocycles. The van der Waals surface area contributed by atoms with Crippen LogP contribution in [0.4, 0.5) is 0 Å². The Morgan fingerprint density at radius 3 is 2.47 bits per heavy atom. The van der Waals surface area contributed by atoms with Crippen molar-refractivity contribution in [2.45, 2.75) is 27.2 Å². The minimum Gasteiger partial charge on any atom is -0.237 e. The fraction of sp³-hybridized carbons (Fsp3) is 0.286. The first-order chi connectivity index (χ1) is 8.13. The van der Waals surface area contributed by atoms with Gasteiger partial charge in [0, 0.05) is 5.69 Å². The van der Waals surface area contributed by atoms with E-state index in [9.17, 15) is 0 Å². The molecule has 3 heteroatoms. The third-order valence-corrected chi connectivity index (χ3v) is 2.85. The Hall–Kier alpha value is -2.08. The Balaban J connectivity index is 2.57. The van der Waals surface area contributed by atoms with E-state index in [1.165, 1.54) is 11.1 Å². The second-order valence-electron chi connectivity index (χ2n) is 4.26. The van der Waals surface area contributed by atoms with Gasteiger partial charge in [0.05, 0.1) is 23.9 Å². The molecule has 1 aromatic heterocycles. The first kappa shape index (κ1) is 11.4. The van der Waals surface area contributed by atoms with E-state index >= 15 is 0 Å². The van der Waals surface area contributed by atoms with Gasteiger partial charge < -0.3 is 0 Å². The number of aromatic nitrogens is 2. The second-order valence-corrected chi connectivity index (χ2v) is 4.26. The van der Waals surface area contributed by atoms with Crippen molar-refractivity contribution >= 4 is 0 Å². The molecular weight excluding hydrogens is 210 g/mol. The van der Waals surface area contributed by atoms with Crippen LogP contribution < -0.4 is 0 Å². The van der Waals surface area contributed by atoms with Crippen molar-refractivity contribution in [2.75, 3.05) is 0 Å². The number of aryl methyl sites for hydroxylation is 3. The lowest BCUT2D eigenvalue weighted by molar-refractivity contribution is 0.815. The average Bonchev–Trinajstić information content (AvgIpc) is 2.60. The van der Waals surface area contributed by atoms with E-state index in [-0.39, 0.29) is 0 Å². The Morgan fingerprint density at radius 1 is 1.24 bits per heavy atom. The van der Waals surface area contributed by atoms with Gasteiger partial charge in [-0.2, -0.15) is 10.4 Å². The summed E-state index contributed by atoms with van der Waals surface area (Å²) in [5, 5.41) is 13.2. The number of hydrogen-bond donors (Lipinski definition) is 0. The van der Waals surface area contributed by atoms with Crippen LogP contribution in [0.25, 0.3) is 5.69 Å². The van der Waals surface area contributed by atoms with Gasteiger partial charge in [-0.05, 0) is 38.0 Å². The molecule has 0 amide bonds. The highest BCUT2D eigenvalue weighted by molar-refractivity contribution is 5.47. The Labute approximate surface area is 101 Å². The van der Waals surface area contributed by atoms with Crippen molar-refractivity contribution < 1.29 is 0 Å². The van der Waals surface area contributed by atoms with Crippen molar-refractivity contribution in [1.82, 2.24) is 9.78 Å². The normalized spacial score (nSPS) is 10.2. The monoisotopic (exact) mass is 225 g/mol.